The molecule has 28 heavy (non-hydrogen) atoms. The number of urea groups is 1. The van der Waals surface area contributed by atoms with Gasteiger partial charge in [0.25, 0.3) is 5.91 Å². The van der Waals surface area contributed by atoms with Crippen molar-refractivity contribution in [3.8, 4) is 0 Å². The molecule has 1 saturated heterocycles. The largest absolute Gasteiger partial charge is 0.336 e. The molecule has 0 radical (unpaired) electrons. The van der Waals surface area contributed by atoms with E-state index < -0.39 is 0 Å². The number of nitrogens with zero attached hydrogens (tertiary/aromatic N) is 4. The van der Waals surface area contributed by atoms with Crippen molar-refractivity contribution in [2.45, 2.75) is 13.5 Å². The number of aromatic nitrogens is 2. The molecular formula is C20H23N5O2S. The fourth-order valence-corrected chi connectivity index (χ4v) is 4.64. The second kappa shape index (κ2) is 7.63. The second-order valence-electron chi connectivity index (χ2n) is 6.99. The van der Waals surface area contributed by atoms with E-state index in [4.69, 9.17) is 0 Å². The average Bonchev–Trinajstić information content (AvgIpc) is 3.29. The van der Waals surface area contributed by atoms with Gasteiger partial charge in [-0.25, -0.2) is 9.78 Å². The van der Waals surface area contributed by atoms with Crippen LogP contribution >= 0.6 is 11.3 Å². The third-order valence-corrected chi connectivity index (χ3v) is 6.49. The topological polar surface area (TPSA) is 70.5 Å². The maximum Gasteiger partial charge on any atom is 0.317 e. The standard InChI is InChI=1S/C20H23N5O2S/c1-14-16-5-3-4-6-17(16)28-18(14)19(26)24-7-9-25(10-8-24)20(27)22-12-15-11-21-13-23(15)2/h3-6,11,13H,7-10,12H2,1-2H3,(H,22,27). The lowest BCUT2D eigenvalue weighted by molar-refractivity contribution is 0.0669. The van der Waals surface area contributed by atoms with Gasteiger partial charge in [0, 0.05) is 44.1 Å². The Labute approximate surface area is 167 Å². The van der Waals surface area contributed by atoms with Crippen LogP contribution in [0.25, 0.3) is 10.1 Å². The van der Waals surface area contributed by atoms with Crippen LogP contribution in [0.4, 0.5) is 4.79 Å². The number of thiophene rings is 1. The number of fused-ring (bicyclic) bond motifs is 1. The summed E-state index contributed by atoms with van der Waals surface area (Å²) in [6.45, 7) is 4.61. The first-order valence-electron chi connectivity index (χ1n) is 9.30. The van der Waals surface area contributed by atoms with Crippen molar-refractivity contribution < 1.29 is 9.59 Å². The SMILES string of the molecule is Cc1c(C(=O)N2CCN(C(=O)NCc3cncn3C)CC2)sc2ccccc12. The van der Waals surface area contributed by atoms with E-state index in [1.54, 1.807) is 28.8 Å². The average molecular weight is 398 g/mol. The Balaban J connectivity index is 1.35. The molecule has 3 aromatic rings. The number of carbonyl (C=O) groups is 2. The minimum Gasteiger partial charge on any atom is -0.336 e. The predicted molar refractivity (Wildman–Crippen MR) is 109 cm³/mol. The van der Waals surface area contributed by atoms with E-state index in [2.05, 4.69) is 16.4 Å². The van der Waals surface area contributed by atoms with Crippen LogP contribution in [0.1, 0.15) is 20.9 Å². The van der Waals surface area contributed by atoms with E-state index in [1.165, 1.54) is 0 Å². The van der Waals surface area contributed by atoms with Gasteiger partial charge in [-0.2, -0.15) is 0 Å². The van der Waals surface area contributed by atoms with Gasteiger partial charge in [-0.05, 0) is 23.9 Å². The molecule has 0 aliphatic carbocycles. The molecule has 8 heteroatoms. The summed E-state index contributed by atoms with van der Waals surface area (Å²) < 4.78 is 3.01. The molecule has 1 N–H and O–H groups in total. The maximum atomic E-state index is 13.0. The fourth-order valence-electron chi connectivity index (χ4n) is 3.47. The third-order valence-electron chi connectivity index (χ3n) is 5.23. The third kappa shape index (κ3) is 3.47. The van der Waals surface area contributed by atoms with E-state index in [9.17, 15) is 9.59 Å². The van der Waals surface area contributed by atoms with Crippen LogP contribution in [-0.2, 0) is 13.6 Å². The molecule has 1 aliphatic heterocycles. The van der Waals surface area contributed by atoms with Gasteiger partial charge in [-0.1, -0.05) is 18.2 Å². The van der Waals surface area contributed by atoms with Crippen LogP contribution < -0.4 is 5.32 Å². The quantitative estimate of drug-likeness (QED) is 0.739. The number of nitrogens with one attached hydrogen (secondary N) is 1. The summed E-state index contributed by atoms with van der Waals surface area (Å²) in [4.78, 5) is 33.9. The summed E-state index contributed by atoms with van der Waals surface area (Å²) in [5, 5.41) is 4.07. The van der Waals surface area contributed by atoms with Gasteiger partial charge in [0.1, 0.15) is 0 Å². The molecule has 1 aliphatic rings. The van der Waals surface area contributed by atoms with Crippen LogP contribution in [0.3, 0.4) is 0 Å². The Morgan fingerprint density at radius 3 is 2.54 bits per heavy atom. The highest BCUT2D eigenvalue weighted by molar-refractivity contribution is 7.21. The zero-order valence-corrected chi connectivity index (χ0v) is 16.8. The lowest BCUT2D eigenvalue weighted by Gasteiger charge is -2.34. The maximum absolute atomic E-state index is 13.0. The molecule has 146 valence electrons. The monoisotopic (exact) mass is 397 g/mol. The Bertz CT molecular complexity index is 1020. The summed E-state index contributed by atoms with van der Waals surface area (Å²) in [5.74, 6) is 0.0636. The van der Waals surface area contributed by atoms with Crippen molar-refractivity contribution in [3.63, 3.8) is 0 Å². The number of carbonyl (C=O) groups excluding carboxylic acids is 2. The lowest BCUT2D eigenvalue weighted by Crippen LogP contribution is -2.53. The minimum absolute atomic E-state index is 0.0636. The van der Waals surface area contributed by atoms with Crippen LogP contribution in [0.2, 0.25) is 0 Å². The molecule has 0 unspecified atom stereocenters. The van der Waals surface area contributed by atoms with Gasteiger partial charge in [0.2, 0.25) is 0 Å². The van der Waals surface area contributed by atoms with Gasteiger partial charge in [0.05, 0.1) is 23.4 Å². The Hall–Kier alpha value is -2.87. The molecule has 1 fully saturated rings. The highest BCUT2D eigenvalue weighted by Gasteiger charge is 2.27. The lowest BCUT2D eigenvalue weighted by atomic mass is 10.1. The molecule has 0 atom stereocenters. The van der Waals surface area contributed by atoms with E-state index in [-0.39, 0.29) is 11.9 Å². The Morgan fingerprint density at radius 2 is 1.86 bits per heavy atom. The summed E-state index contributed by atoms with van der Waals surface area (Å²) >= 11 is 1.55. The zero-order chi connectivity index (χ0) is 19.7. The van der Waals surface area contributed by atoms with Crippen molar-refractivity contribution in [2.24, 2.45) is 7.05 Å². The Morgan fingerprint density at radius 1 is 1.14 bits per heavy atom. The van der Waals surface area contributed by atoms with E-state index in [0.29, 0.717) is 32.7 Å². The molecule has 3 heterocycles. The summed E-state index contributed by atoms with van der Waals surface area (Å²) in [6.07, 6.45) is 3.45. The van der Waals surface area contributed by atoms with Gasteiger partial charge >= 0.3 is 6.03 Å². The normalized spacial score (nSPS) is 14.5. The number of imidazole rings is 1. The molecule has 3 amide bonds. The highest BCUT2D eigenvalue weighted by Crippen LogP contribution is 2.31. The molecule has 0 spiro atoms. The highest BCUT2D eigenvalue weighted by atomic mass is 32.1. The predicted octanol–water partition coefficient (Wildman–Crippen LogP) is 2.61. The molecule has 7 nitrogen and oxygen atoms in total. The van der Waals surface area contributed by atoms with Gasteiger partial charge in [-0.3, -0.25) is 4.79 Å². The van der Waals surface area contributed by atoms with Crippen LogP contribution in [-0.4, -0.2) is 57.5 Å². The van der Waals surface area contributed by atoms with E-state index in [0.717, 1.165) is 26.2 Å². The van der Waals surface area contributed by atoms with Gasteiger partial charge < -0.3 is 19.7 Å². The molecular weight excluding hydrogens is 374 g/mol. The first-order valence-corrected chi connectivity index (χ1v) is 10.1. The number of piperazine rings is 1. The van der Waals surface area contributed by atoms with Gasteiger partial charge in [0.15, 0.2) is 0 Å². The summed E-state index contributed by atoms with van der Waals surface area (Å²) in [6, 6.07) is 8.00. The first-order chi connectivity index (χ1) is 13.5. The van der Waals surface area contributed by atoms with E-state index in [1.807, 2.05) is 41.6 Å². The first kappa shape index (κ1) is 18.5. The van der Waals surface area contributed by atoms with Crippen LogP contribution in [0.15, 0.2) is 36.8 Å². The molecule has 4 rings (SSSR count). The van der Waals surface area contributed by atoms with Gasteiger partial charge in [-0.15, -0.1) is 11.3 Å². The van der Waals surface area contributed by atoms with Crippen LogP contribution in [0.5, 0.6) is 0 Å². The minimum atomic E-state index is -0.105. The van der Waals surface area contributed by atoms with E-state index >= 15 is 0 Å². The number of rotatable bonds is 3. The number of amides is 3. The number of hydrogen-bond donors (Lipinski definition) is 1. The van der Waals surface area contributed by atoms with Crippen molar-refractivity contribution in [3.05, 3.63) is 52.9 Å². The smallest absolute Gasteiger partial charge is 0.317 e. The molecule has 1 aromatic carbocycles. The van der Waals surface area contributed by atoms with Crippen molar-refractivity contribution in [1.82, 2.24) is 24.7 Å². The number of hydrogen-bond acceptors (Lipinski definition) is 4. The summed E-state index contributed by atoms with van der Waals surface area (Å²) in [7, 11) is 1.90. The number of aryl methyl sites for hydroxylation is 2. The summed E-state index contributed by atoms with van der Waals surface area (Å²) in [5.41, 5.74) is 1.99. The number of benzene rings is 1. The van der Waals surface area contributed by atoms with Crippen molar-refractivity contribution in [2.75, 3.05) is 26.2 Å². The molecule has 2 aromatic heterocycles. The zero-order valence-electron chi connectivity index (χ0n) is 16.0. The molecule has 0 saturated carbocycles. The second-order valence-corrected chi connectivity index (χ2v) is 8.04. The molecule has 0 bridgehead atoms. The van der Waals surface area contributed by atoms with Crippen molar-refractivity contribution >= 4 is 33.4 Å². The van der Waals surface area contributed by atoms with Crippen molar-refractivity contribution in [1.29, 1.82) is 0 Å². The fraction of sp³-hybridized carbons (Fsp3) is 0.350. The Kier molecular flexibility index (Phi) is 5.04. The van der Waals surface area contributed by atoms with Crippen LogP contribution in [0, 0.1) is 6.92 Å².